The minimum Gasteiger partial charge on any atom is -0.495 e. The zero-order valence-electron chi connectivity index (χ0n) is 18.2. The maximum atomic E-state index is 13.6. The van der Waals surface area contributed by atoms with Crippen molar-refractivity contribution in [3.63, 3.8) is 0 Å². The molecule has 0 unspecified atom stereocenters. The van der Waals surface area contributed by atoms with Crippen LogP contribution in [0, 0.1) is 0 Å². The number of nitrogens with one attached hydrogen (secondary N) is 2. The molecule has 1 atom stereocenters. The highest BCUT2D eigenvalue weighted by molar-refractivity contribution is 6.06. The molecule has 2 aromatic heterocycles. The van der Waals surface area contributed by atoms with Gasteiger partial charge < -0.3 is 15.4 Å². The zero-order valence-corrected chi connectivity index (χ0v) is 18.2. The van der Waals surface area contributed by atoms with Gasteiger partial charge >= 0.3 is 0 Å². The van der Waals surface area contributed by atoms with Crippen molar-refractivity contribution >= 4 is 17.5 Å². The Balaban J connectivity index is 1.59. The third-order valence-electron chi connectivity index (χ3n) is 5.48. The molecule has 2 aromatic carbocycles. The molecule has 4 aromatic rings. The molecule has 0 radical (unpaired) electrons. The Bertz CT molecular complexity index is 1330. The maximum absolute atomic E-state index is 13.6. The fourth-order valence-electron chi connectivity index (χ4n) is 3.94. The Labute approximate surface area is 191 Å². The number of aromatic nitrogens is 4. The number of anilines is 2. The molecular formula is C25H22N6O2. The van der Waals surface area contributed by atoms with Gasteiger partial charge in [-0.05, 0) is 30.7 Å². The average molecular weight is 438 g/mol. The molecule has 1 aliphatic rings. The van der Waals surface area contributed by atoms with E-state index in [0.29, 0.717) is 34.5 Å². The van der Waals surface area contributed by atoms with Crippen LogP contribution >= 0.6 is 0 Å². The molecule has 8 heteroatoms. The largest absolute Gasteiger partial charge is 0.495 e. The summed E-state index contributed by atoms with van der Waals surface area (Å²) >= 11 is 0. The van der Waals surface area contributed by atoms with Crippen LogP contribution in [0.1, 0.15) is 18.5 Å². The van der Waals surface area contributed by atoms with Crippen LogP contribution in [-0.2, 0) is 4.79 Å². The van der Waals surface area contributed by atoms with Gasteiger partial charge in [0.15, 0.2) is 5.82 Å². The molecule has 0 bridgehead atoms. The third kappa shape index (κ3) is 3.82. The van der Waals surface area contributed by atoms with Gasteiger partial charge in [-0.15, -0.1) is 5.10 Å². The van der Waals surface area contributed by atoms with Crippen LogP contribution in [0.3, 0.4) is 0 Å². The number of methoxy groups -OCH3 is 1. The molecule has 1 aliphatic heterocycles. The van der Waals surface area contributed by atoms with Crippen molar-refractivity contribution in [1.82, 2.24) is 19.7 Å². The summed E-state index contributed by atoms with van der Waals surface area (Å²) in [5.41, 5.74) is 3.52. The fraction of sp³-hybridized carbons (Fsp3) is 0.120. The maximum Gasteiger partial charge on any atom is 0.255 e. The summed E-state index contributed by atoms with van der Waals surface area (Å²) in [5.74, 6) is 1.46. The predicted octanol–water partition coefficient (Wildman–Crippen LogP) is 4.28. The first-order chi connectivity index (χ1) is 16.2. The number of amides is 1. The molecule has 0 saturated carbocycles. The van der Waals surface area contributed by atoms with Gasteiger partial charge in [0, 0.05) is 23.7 Å². The molecule has 33 heavy (non-hydrogen) atoms. The van der Waals surface area contributed by atoms with Gasteiger partial charge in [-0.1, -0.05) is 48.5 Å². The van der Waals surface area contributed by atoms with E-state index in [-0.39, 0.29) is 5.91 Å². The lowest BCUT2D eigenvalue weighted by Gasteiger charge is -2.28. The molecule has 8 nitrogen and oxygen atoms in total. The molecule has 5 rings (SSSR count). The second-order valence-corrected chi connectivity index (χ2v) is 7.58. The van der Waals surface area contributed by atoms with Crippen molar-refractivity contribution in [3.8, 4) is 17.1 Å². The molecule has 0 saturated heterocycles. The monoisotopic (exact) mass is 438 g/mol. The third-order valence-corrected chi connectivity index (χ3v) is 5.48. The van der Waals surface area contributed by atoms with E-state index >= 15 is 0 Å². The van der Waals surface area contributed by atoms with Gasteiger partial charge in [0.2, 0.25) is 5.95 Å². The Morgan fingerprint density at radius 1 is 1.06 bits per heavy atom. The first-order valence-electron chi connectivity index (χ1n) is 10.5. The second kappa shape index (κ2) is 8.58. The van der Waals surface area contributed by atoms with E-state index in [2.05, 4.69) is 20.6 Å². The highest BCUT2D eigenvalue weighted by atomic mass is 16.5. The number of rotatable bonds is 5. The number of carbonyl (C=O) groups is 1. The second-order valence-electron chi connectivity index (χ2n) is 7.58. The highest BCUT2D eigenvalue weighted by Crippen LogP contribution is 2.37. The molecule has 3 heterocycles. The number of allylic oxidation sites excluding steroid dienone is 1. The summed E-state index contributed by atoms with van der Waals surface area (Å²) in [6.45, 7) is 1.86. The number of benzene rings is 2. The van der Waals surface area contributed by atoms with Crippen molar-refractivity contribution in [2.45, 2.75) is 13.0 Å². The van der Waals surface area contributed by atoms with E-state index < -0.39 is 6.04 Å². The van der Waals surface area contributed by atoms with Gasteiger partial charge in [-0.3, -0.25) is 9.78 Å². The normalized spacial score (nSPS) is 14.9. The van der Waals surface area contributed by atoms with Gasteiger partial charge in [0.1, 0.15) is 11.8 Å². The number of carbonyl (C=O) groups excluding carboxylic acids is 1. The molecule has 0 aliphatic carbocycles. The summed E-state index contributed by atoms with van der Waals surface area (Å²) < 4.78 is 7.14. The molecular weight excluding hydrogens is 416 g/mol. The van der Waals surface area contributed by atoms with Crippen LogP contribution in [0.5, 0.6) is 5.75 Å². The minimum absolute atomic E-state index is 0.263. The van der Waals surface area contributed by atoms with Crippen molar-refractivity contribution in [3.05, 3.63) is 96.0 Å². The lowest BCUT2D eigenvalue weighted by atomic mass is 9.96. The first kappa shape index (κ1) is 20.4. The zero-order chi connectivity index (χ0) is 22.8. The summed E-state index contributed by atoms with van der Waals surface area (Å²) in [7, 11) is 1.57. The summed E-state index contributed by atoms with van der Waals surface area (Å²) in [6, 6.07) is 20.3. The van der Waals surface area contributed by atoms with Crippen LogP contribution in [0.25, 0.3) is 11.4 Å². The lowest BCUT2D eigenvalue weighted by molar-refractivity contribution is -0.113. The van der Waals surface area contributed by atoms with Crippen LogP contribution in [0.15, 0.2) is 90.4 Å². The van der Waals surface area contributed by atoms with E-state index in [1.807, 2.05) is 61.5 Å². The summed E-state index contributed by atoms with van der Waals surface area (Å²) in [6.07, 6.45) is 3.45. The molecule has 0 spiro atoms. The van der Waals surface area contributed by atoms with E-state index in [0.717, 1.165) is 11.1 Å². The summed E-state index contributed by atoms with van der Waals surface area (Å²) in [4.78, 5) is 22.5. The first-order valence-corrected chi connectivity index (χ1v) is 10.5. The van der Waals surface area contributed by atoms with Crippen LogP contribution in [-0.4, -0.2) is 32.8 Å². The Morgan fingerprint density at radius 3 is 2.61 bits per heavy atom. The SMILES string of the molecule is COc1ccccc1NC(=O)C1=C(C)Nc2nc(-c3ccccc3)nn2[C@@H]1c1cccnc1. The van der Waals surface area contributed by atoms with Crippen LogP contribution in [0.4, 0.5) is 11.6 Å². The number of nitrogens with zero attached hydrogens (tertiary/aromatic N) is 4. The van der Waals surface area contributed by atoms with E-state index in [1.165, 1.54) is 0 Å². The van der Waals surface area contributed by atoms with Gasteiger partial charge in [-0.25, -0.2) is 4.68 Å². The van der Waals surface area contributed by atoms with E-state index in [1.54, 1.807) is 36.3 Å². The molecule has 164 valence electrons. The number of hydrogen-bond acceptors (Lipinski definition) is 6. The number of para-hydroxylation sites is 2. The number of fused-ring (bicyclic) bond motifs is 1. The van der Waals surface area contributed by atoms with Gasteiger partial charge in [-0.2, -0.15) is 4.98 Å². The van der Waals surface area contributed by atoms with Gasteiger partial charge in [0.25, 0.3) is 5.91 Å². The number of pyridine rings is 1. The minimum atomic E-state index is -0.505. The topological polar surface area (TPSA) is 94.0 Å². The number of ether oxygens (including phenoxy) is 1. The lowest BCUT2D eigenvalue weighted by Crippen LogP contribution is -2.31. The highest BCUT2D eigenvalue weighted by Gasteiger charge is 2.34. The van der Waals surface area contributed by atoms with Crippen molar-refractivity contribution in [2.24, 2.45) is 0 Å². The standard InChI is InChI=1S/C25H22N6O2/c1-16-21(24(32)28-19-12-6-7-13-20(19)33-2)22(18-11-8-14-26-15-18)31-25(27-16)29-23(30-31)17-9-4-3-5-10-17/h3-15,22H,1-2H3,(H,28,32)(H,27,29,30)/t22-/m1/s1. The quantitative estimate of drug-likeness (QED) is 0.483. The average Bonchev–Trinajstić information content (AvgIpc) is 3.28. The van der Waals surface area contributed by atoms with E-state index in [9.17, 15) is 4.79 Å². The Kier molecular flexibility index (Phi) is 5.32. The molecule has 1 amide bonds. The van der Waals surface area contributed by atoms with Crippen LogP contribution < -0.4 is 15.4 Å². The van der Waals surface area contributed by atoms with Crippen molar-refractivity contribution in [2.75, 3.05) is 17.7 Å². The van der Waals surface area contributed by atoms with Gasteiger partial charge in [0.05, 0.1) is 18.4 Å². The van der Waals surface area contributed by atoms with Crippen molar-refractivity contribution < 1.29 is 9.53 Å². The Hall–Kier alpha value is -4.46. The molecule has 2 N–H and O–H groups in total. The smallest absolute Gasteiger partial charge is 0.255 e. The Morgan fingerprint density at radius 2 is 1.85 bits per heavy atom. The van der Waals surface area contributed by atoms with E-state index in [4.69, 9.17) is 9.84 Å². The predicted molar refractivity (Wildman–Crippen MR) is 126 cm³/mol. The summed E-state index contributed by atoms with van der Waals surface area (Å²) in [5, 5.41) is 11.0. The number of hydrogen-bond donors (Lipinski definition) is 2. The fourth-order valence-corrected chi connectivity index (χ4v) is 3.94. The van der Waals surface area contributed by atoms with Crippen LogP contribution in [0.2, 0.25) is 0 Å². The molecule has 0 fully saturated rings. The van der Waals surface area contributed by atoms with Crippen molar-refractivity contribution in [1.29, 1.82) is 0 Å².